The van der Waals surface area contributed by atoms with Crippen LogP contribution in [0.2, 0.25) is 0 Å². The maximum absolute atomic E-state index is 12.8. The van der Waals surface area contributed by atoms with E-state index in [9.17, 15) is 4.39 Å². The van der Waals surface area contributed by atoms with E-state index in [-0.39, 0.29) is 11.4 Å². The molecule has 2 nitrogen and oxygen atoms in total. The van der Waals surface area contributed by atoms with Gasteiger partial charge in [-0.15, -0.1) is 0 Å². The van der Waals surface area contributed by atoms with Gasteiger partial charge in [0.15, 0.2) is 0 Å². The van der Waals surface area contributed by atoms with E-state index in [0.29, 0.717) is 6.04 Å². The molecule has 1 unspecified atom stereocenters. The van der Waals surface area contributed by atoms with Crippen LogP contribution >= 0.6 is 0 Å². The molecule has 0 heterocycles. The second-order valence-electron chi connectivity index (χ2n) is 4.98. The molecule has 1 aromatic carbocycles. The van der Waals surface area contributed by atoms with Gasteiger partial charge >= 0.3 is 0 Å². The number of rotatable bonds is 6. The molecule has 0 aliphatic rings. The van der Waals surface area contributed by atoms with Crippen molar-refractivity contribution in [2.24, 2.45) is 0 Å². The van der Waals surface area contributed by atoms with Gasteiger partial charge in [0.1, 0.15) is 5.82 Å². The van der Waals surface area contributed by atoms with E-state index in [1.54, 1.807) is 7.11 Å². The number of methoxy groups -OCH3 is 1. The summed E-state index contributed by atoms with van der Waals surface area (Å²) in [6, 6.07) is 7.00. The first-order valence-corrected chi connectivity index (χ1v) is 5.94. The fourth-order valence-corrected chi connectivity index (χ4v) is 1.86. The summed E-state index contributed by atoms with van der Waals surface area (Å²) in [5.41, 5.74) is 0.992. The molecule has 1 atom stereocenters. The number of hydrogen-bond acceptors (Lipinski definition) is 2. The first kappa shape index (κ1) is 14.1. The molecule has 17 heavy (non-hydrogen) atoms. The Morgan fingerprint density at radius 3 is 2.35 bits per heavy atom. The summed E-state index contributed by atoms with van der Waals surface area (Å²) in [4.78, 5) is 0. The van der Waals surface area contributed by atoms with E-state index >= 15 is 0 Å². The molecule has 1 aromatic rings. The summed E-state index contributed by atoms with van der Waals surface area (Å²) in [7, 11) is 3.67. The molecule has 0 aliphatic heterocycles. The molecule has 0 aliphatic carbocycles. The molecule has 1 rings (SSSR count). The van der Waals surface area contributed by atoms with Crippen molar-refractivity contribution in [2.75, 3.05) is 14.2 Å². The number of halogens is 1. The van der Waals surface area contributed by atoms with Crippen LogP contribution in [0.3, 0.4) is 0 Å². The van der Waals surface area contributed by atoms with Gasteiger partial charge in [-0.05, 0) is 51.4 Å². The Morgan fingerprint density at radius 1 is 1.29 bits per heavy atom. The van der Waals surface area contributed by atoms with Gasteiger partial charge in [-0.3, -0.25) is 0 Å². The van der Waals surface area contributed by atoms with Crippen molar-refractivity contribution in [1.29, 1.82) is 0 Å². The van der Waals surface area contributed by atoms with Crippen molar-refractivity contribution in [3.63, 3.8) is 0 Å². The van der Waals surface area contributed by atoms with Crippen molar-refractivity contribution in [2.45, 2.75) is 38.3 Å². The van der Waals surface area contributed by atoms with Gasteiger partial charge in [0.05, 0.1) is 5.60 Å². The monoisotopic (exact) mass is 239 g/mol. The molecular weight excluding hydrogens is 217 g/mol. The molecule has 0 amide bonds. The normalized spacial score (nSPS) is 13.7. The lowest BCUT2D eigenvalue weighted by molar-refractivity contribution is 0.00772. The van der Waals surface area contributed by atoms with Gasteiger partial charge in [0, 0.05) is 13.2 Å². The minimum Gasteiger partial charge on any atom is -0.379 e. The minimum absolute atomic E-state index is 0.145. The Balaban J connectivity index is 2.61. The van der Waals surface area contributed by atoms with Crippen molar-refractivity contribution >= 4 is 0 Å². The molecule has 3 heteroatoms. The average molecular weight is 239 g/mol. The Kier molecular flexibility index (Phi) is 5.09. The standard InChI is InChI=1S/C14H22FNO/c1-14(2,17-4)10-13(16-3)9-11-5-7-12(15)8-6-11/h5-8,13,16H,9-10H2,1-4H3. The minimum atomic E-state index is -0.188. The highest BCUT2D eigenvalue weighted by atomic mass is 19.1. The number of likely N-dealkylation sites (N-methyl/N-ethyl adjacent to an activating group) is 1. The van der Waals surface area contributed by atoms with Crippen molar-refractivity contribution < 1.29 is 9.13 Å². The van der Waals surface area contributed by atoms with Gasteiger partial charge in [0.25, 0.3) is 0 Å². The Morgan fingerprint density at radius 2 is 1.88 bits per heavy atom. The van der Waals surface area contributed by atoms with E-state index in [0.717, 1.165) is 18.4 Å². The van der Waals surface area contributed by atoms with Crippen LogP contribution in [0.25, 0.3) is 0 Å². The molecule has 96 valence electrons. The highest BCUT2D eigenvalue weighted by molar-refractivity contribution is 5.17. The van der Waals surface area contributed by atoms with Crippen LogP contribution in [0.1, 0.15) is 25.8 Å². The largest absolute Gasteiger partial charge is 0.379 e. The third-order valence-corrected chi connectivity index (χ3v) is 3.09. The topological polar surface area (TPSA) is 21.3 Å². The molecule has 0 saturated heterocycles. The molecular formula is C14H22FNO. The van der Waals surface area contributed by atoms with Crippen LogP contribution in [0, 0.1) is 5.82 Å². The van der Waals surface area contributed by atoms with Crippen LogP contribution in [0.15, 0.2) is 24.3 Å². The summed E-state index contributed by atoms with van der Waals surface area (Å²) in [6.07, 6.45) is 1.79. The van der Waals surface area contributed by atoms with Crippen LogP contribution < -0.4 is 5.32 Å². The summed E-state index contributed by atoms with van der Waals surface area (Å²) < 4.78 is 18.2. The quantitative estimate of drug-likeness (QED) is 0.824. The van der Waals surface area contributed by atoms with E-state index in [4.69, 9.17) is 4.74 Å². The lowest BCUT2D eigenvalue weighted by Crippen LogP contribution is -2.37. The smallest absolute Gasteiger partial charge is 0.123 e. The third-order valence-electron chi connectivity index (χ3n) is 3.09. The number of hydrogen-bond donors (Lipinski definition) is 1. The molecule has 0 radical (unpaired) electrons. The first-order chi connectivity index (χ1) is 7.96. The predicted octanol–water partition coefficient (Wildman–Crippen LogP) is 2.77. The molecule has 0 aromatic heterocycles. The van der Waals surface area contributed by atoms with Crippen LogP contribution in [0.5, 0.6) is 0 Å². The maximum Gasteiger partial charge on any atom is 0.123 e. The van der Waals surface area contributed by atoms with Crippen molar-refractivity contribution in [1.82, 2.24) is 5.32 Å². The van der Waals surface area contributed by atoms with Gasteiger partial charge < -0.3 is 10.1 Å². The maximum atomic E-state index is 12.8. The SMILES string of the molecule is CNC(Cc1ccc(F)cc1)CC(C)(C)OC. The van der Waals surface area contributed by atoms with Gasteiger partial charge in [0.2, 0.25) is 0 Å². The van der Waals surface area contributed by atoms with Crippen LogP contribution in [-0.4, -0.2) is 25.8 Å². The van der Waals surface area contributed by atoms with Crippen molar-refractivity contribution in [3.05, 3.63) is 35.6 Å². The molecule has 0 spiro atoms. The van der Waals surface area contributed by atoms with Gasteiger partial charge in [-0.1, -0.05) is 12.1 Å². The zero-order chi connectivity index (χ0) is 12.9. The Labute approximate surface area is 103 Å². The number of nitrogens with one attached hydrogen (secondary N) is 1. The van der Waals surface area contributed by atoms with E-state index in [2.05, 4.69) is 19.2 Å². The summed E-state index contributed by atoms with van der Waals surface area (Å²) >= 11 is 0. The first-order valence-electron chi connectivity index (χ1n) is 5.94. The molecule has 1 N–H and O–H groups in total. The predicted molar refractivity (Wildman–Crippen MR) is 68.7 cm³/mol. The zero-order valence-electron chi connectivity index (χ0n) is 11.1. The van der Waals surface area contributed by atoms with E-state index in [1.165, 1.54) is 12.1 Å². The van der Waals surface area contributed by atoms with Gasteiger partial charge in [-0.25, -0.2) is 4.39 Å². The Bertz CT molecular complexity index is 335. The number of ether oxygens (including phenoxy) is 1. The van der Waals surface area contributed by atoms with Gasteiger partial charge in [-0.2, -0.15) is 0 Å². The highest BCUT2D eigenvalue weighted by Gasteiger charge is 2.21. The second kappa shape index (κ2) is 6.12. The molecule has 0 bridgehead atoms. The second-order valence-corrected chi connectivity index (χ2v) is 4.98. The third kappa shape index (κ3) is 4.84. The lowest BCUT2D eigenvalue weighted by Gasteiger charge is -2.28. The highest BCUT2D eigenvalue weighted by Crippen LogP contribution is 2.18. The Hall–Kier alpha value is -0.930. The molecule has 0 saturated carbocycles. The molecule has 0 fully saturated rings. The van der Waals surface area contributed by atoms with Crippen molar-refractivity contribution in [3.8, 4) is 0 Å². The summed E-state index contributed by atoms with van der Waals surface area (Å²) in [6.45, 7) is 4.14. The zero-order valence-corrected chi connectivity index (χ0v) is 11.1. The average Bonchev–Trinajstić information content (AvgIpc) is 2.31. The number of benzene rings is 1. The van der Waals surface area contributed by atoms with Crippen LogP contribution in [-0.2, 0) is 11.2 Å². The lowest BCUT2D eigenvalue weighted by atomic mass is 9.94. The van der Waals surface area contributed by atoms with E-state index < -0.39 is 0 Å². The van der Waals surface area contributed by atoms with Crippen LogP contribution in [0.4, 0.5) is 4.39 Å². The fraction of sp³-hybridized carbons (Fsp3) is 0.571. The summed E-state index contributed by atoms with van der Waals surface area (Å²) in [5, 5.41) is 3.28. The summed E-state index contributed by atoms with van der Waals surface area (Å²) in [5.74, 6) is -0.188. The van der Waals surface area contributed by atoms with E-state index in [1.807, 2.05) is 19.2 Å². The fourth-order valence-electron chi connectivity index (χ4n) is 1.86.